The summed E-state index contributed by atoms with van der Waals surface area (Å²) in [6, 6.07) is 9.37. The summed E-state index contributed by atoms with van der Waals surface area (Å²) in [5.41, 5.74) is 0.966. The molecular weight excluding hydrogens is 282 g/mol. The monoisotopic (exact) mass is 291 g/mol. The predicted molar refractivity (Wildman–Crippen MR) is 70.4 cm³/mol. The van der Waals surface area contributed by atoms with Gasteiger partial charge in [-0.3, -0.25) is 9.89 Å². The molecule has 0 bridgehead atoms. The number of carbonyl (C=O) groups excluding carboxylic acids is 1. The zero-order valence-electron chi connectivity index (χ0n) is 8.85. The maximum absolute atomic E-state index is 11.5. The van der Waals surface area contributed by atoms with E-state index in [4.69, 9.17) is 0 Å². The lowest BCUT2D eigenvalue weighted by Gasteiger charge is -1.97. The molecule has 17 heavy (non-hydrogen) atoms. The fourth-order valence-corrected chi connectivity index (χ4v) is 1.51. The predicted octanol–water partition coefficient (Wildman–Crippen LogP) is 2.82. The maximum Gasteiger partial charge on any atom is 0.249 e. The van der Waals surface area contributed by atoms with Crippen molar-refractivity contribution >= 4 is 33.7 Å². The fraction of sp³-hybridized carbons (Fsp3) is 0. The van der Waals surface area contributed by atoms with Crippen LogP contribution in [-0.2, 0) is 4.79 Å². The van der Waals surface area contributed by atoms with Crippen LogP contribution >= 0.6 is 15.9 Å². The summed E-state index contributed by atoms with van der Waals surface area (Å²) >= 11 is 3.35. The summed E-state index contributed by atoms with van der Waals surface area (Å²) in [6.07, 6.45) is 4.80. The normalized spacial score (nSPS) is 10.6. The molecule has 0 atom stereocenters. The molecule has 1 aromatic carbocycles. The third-order valence-corrected chi connectivity index (χ3v) is 2.58. The van der Waals surface area contributed by atoms with E-state index in [1.165, 1.54) is 6.08 Å². The molecule has 0 radical (unpaired) electrons. The molecular formula is C12H10BrN3O. The Morgan fingerprint density at radius 2 is 2.06 bits per heavy atom. The lowest BCUT2D eigenvalue weighted by Crippen LogP contribution is -2.07. The van der Waals surface area contributed by atoms with Gasteiger partial charge >= 0.3 is 0 Å². The molecule has 0 fully saturated rings. The highest BCUT2D eigenvalue weighted by Gasteiger charge is 1.97. The number of aromatic nitrogens is 2. The van der Waals surface area contributed by atoms with E-state index < -0.39 is 0 Å². The van der Waals surface area contributed by atoms with Crippen molar-refractivity contribution in [2.75, 3.05) is 5.32 Å². The van der Waals surface area contributed by atoms with Gasteiger partial charge in [-0.2, -0.15) is 5.10 Å². The van der Waals surface area contributed by atoms with E-state index >= 15 is 0 Å². The largest absolute Gasteiger partial charge is 0.307 e. The van der Waals surface area contributed by atoms with Crippen molar-refractivity contribution in [2.24, 2.45) is 0 Å². The Kier molecular flexibility index (Phi) is 3.72. The van der Waals surface area contributed by atoms with E-state index in [2.05, 4.69) is 31.4 Å². The van der Waals surface area contributed by atoms with Crippen molar-refractivity contribution in [3.63, 3.8) is 0 Å². The standard InChI is InChI=1S/C12H10BrN3O/c13-10-4-1-9(2-5-10)3-6-12(17)15-11-7-8-14-16-11/h1-8H,(H2,14,15,16,17)/b6-3+. The highest BCUT2D eigenvalue weighted by atomic mass is 79.9. The first-order valence-electron chi connectivity index (χ1n) is 4.98. The molecule has 0 aliphatic rings. The van der Waals surface area contributed by atoms with Crippen LogP contribution in [0.5, 0.6) is 0 Å². The Hall–Kier alpha value is -1.88. The number of carbonyl (C=O) groups is 1. The van der Waals surface area contributed by atoms with E-state index in [0.29, 0.717) is 5.82 Å². The molecule has 2 aromatic rings. The molecule has 1 amide bonds. The number of H-pyrrole nitrogens is 1. The molecule has 0 saturated carbocycles. The number of nitrogens with zero attached hydrogens (tertiary/aromatic N) is 1. The van der Waals surface area contributed by atoms with Crippen molar-refractivity contribution in [3.05, 3.63) is 52.6 Å². The van der Waals surface area contributed by atoms with E-state index in [1.807, 2.05) is 24.3 Å². The topological polar surface area (TPSA) is 57.8 Å². The number of halogens is 1. The number of amides is 1. The molecule has 0 saturated heterocycles. The number of hydrogen-bond donors (Lipinski definition) is 2. The van der Waals surface area contributed by atoms with Gasteiger partial charge < -0.3 is 5.32 Å². The third-order valence-electron chi connectivity index (χ3n) is 2.06. The van der Waals surface area contributed by atoms with Gasteiger partial charge in [-0.25, -0.2) is 0 Å². The summed E-state index contributed by atoms with van der Waals surface area (Å²) in [5.74, 6) is 0.382. The van der Waals surface area contributed by atoms with Crippen molar-refractivity contribution in [3.8, 4) is 0 Å². The van der Waals surface area contributed by atoms with Gasteiger partial charge in [-0.1, -0.05) is 28.1 Å². The van der Waals surface area contributed by atoms with E-state index in [0.717, 1.165) is 10.0 Å². The highest BCUT2D eigenvalue weighted by molar-refractivity contribution is 9.10. The average molecular weight is 292 g/mol. The van der Waals surface area contributed by atoms with Gasteiger partial charge in [-0.05, 0) is 23.8 Å². The second kappa shape index (κ2) is 5.45. The zero-order valence-corrected chi connectivity index (χ0v) is 10.4. The minimum absolute atomic E-state index is 0.197. The zero-order chi connectivity index (χ0) is 12.1. The van der Waals surface area contributed by atoms with E-state index in [1.54, 1.807) is 18.3 Å². The number of rotatable bonds is 3. The van der Waals surface area contributed by atoms with Crippen LogP contribution < -0.4 is 5.32 Å². The Bertz CT molecular complexity index is 517. The Morgan fingerprint density at radius 3 is 2.71 bits per heavy atom. The second-order valence-corrected chi connectivity index (χ2v) is 4.26. The van der Waals surface area contributed by atoms with Crippen LogP contribution in [0.1, 0.15) is 5.56 Å². The summed E-state index contributed by atoms with van der Waals surface area (Å²) in [4.78, 5) is 11.5. The molecule has 0 spiro atoms. The maximum atomic E-state index is 11.5. The van der Waals surface area contributed by atoms with Gasteiger partial charge in [0.2, 0.25) is 5.91 Å². The van der Waals surface area contributed by atoms with Gasteiger partial charge in [0.25, 0.3) is 0 Å². The highest BCUT2D eigenvalue weighted by Crippen LogP contribution is 2.11. The number of hydrogen-bond acceptors (Lipinski definition) is 2. The smallest absolute Gasteiger partial charge is 0.249 e. The van der Waals surface area contributed by atoms with Crippen LogP contribution in [0.25, 0.3) is 6.08 Å². The first kappa shape index (κ1) is 11.6. The number of aromatic amines is 1. The van der Waals surface area contributed by atoms with Gasteiger partial charge in [0.15, 0.2) is 0 Å². The van der Waals surface area contributed by atoms with Crippen molar-refractivity contribution in [2.45, 2.75) is 0 Å². The first-order valence-corrected chi connectivity index (χ1v) is 5.77. The van der Waals surface area contributed by atoms with Crippen LogP contribution in [0.15, 0.2) is 47.1 Å². The van der Waals surface area contributed by atoms with Crippen molar-refractivity contribution in [1.29, 1.82) is 0 Å². The molecule has 86 valence electrons. The number of nitrogens with one attached hydrogen (secondary N) is 2. The van der Waals surface area contributed by atoms with Gasteiger partial charge in [0.1, 0.15) is 5.82 Å². The molecule has 0 unspecified atom stereocenters. The molecule has 2 rings (SSSR count). The Morgan fingerprint density at radius 1 is 1.29 bits per heavy atom. The quantitative estimate of drug-likeness (QED) is 0.855. The molecule has 4 nitrogen and oxygen atoms in total. The van der Waals surface area contributed by atoms with Crippen LogP contribution in [-0.4, -0.2) is 16.1 Å². The molecule has 5 heteroatoms. The Balaban J connectivity index is 1.96. The lowest BCUT2D eigenvalue weighted by molar-refractivity contribution is -0.111. The molecule has 0 aliphatic heterocycles. The first-order chi connectivity index (χ1) is 8.24. The SMILES string of the molecule is O=C(/C=C/c1ccc(Br)cc1)Nc1ccn[nH]1. The van der Waals surface area contributed by atoms with E-state index in [-0.39, 0.29) is 5.91 Å². The summed E-state index contributed by atoms with van der Waals surface area (Å²) in [5, 5.41) is 9.04. The van der Waals surface area contributed by atoms with Crippen LogP contribution in [0.3, 0.4) is 0 Å². The average Bonchev–Trinajstić information content (AvgIpc) is 2.81. The van der Waals surface area contributed by atoms with Gasteiger partial charge in [0.05, 0.1) is 6.20 Å². The van der Waals surface area contributed by atoms with Gasteiger partial charge in [0, 0.05) is 16.6 Å². The third kappa shape index (κ3) is 3.57. The summed E-state index contributed by atoms with van der Waals surface area (Å²) in [7, 11) is 0. The number of benzene rings is 1. The number of anilines is 1. The van der Waals surface area contributed by atoms with Crippen molar-refractivity contribution < 1.29 is 4.79 Å². The molecule has 1 aromatic heterocycles. The Labute approximate surface area is 107 Å². The van der Waals surface area contributed by atoms with E-state index in [9.17, 15) is 4.79 Å². The lowest BCUT2D eigenvalue weighted by atomic mass is 10.2. The van der Waals surface area contributed by atoms with Crippen molar-refractivity contribution in [1.82, 2.24) is 10.2 Å². The summed E-state index contributed by atoms with van der Waals surface area (Å²) in [6.45, 7) is 0. The van der Waals surface area contributed by atoms with Crippen LogP contribution in [0, 0.1) is 0 Å². The minimum Gasteiger partial charge on any atom is -0.307 e. The summed E-state index contributed by atoms with van der Waals surface area (Å²) < 4.78 is 1.01. The second-order valence-electron chi connectivity index (χ2n) is 3.34. The van der Waals surface area contributed by atoms with Crippen LogP contribution in [0.2, 0.25) is 0 Å². The molecule has 2 N–H and O–H groups in total. The van der Waals surface area contributed by atoms with Crippen LogP contribution in [0.4, 0.5) is 5.82 Å². The molecule has 0 aliphatic carbocycles. The fourth-order valence-electron chi connectivity index (χ4n) is 1.25. The minimum atomic E-state index is -0.197. The molecule has 1 heterocycles. The van der Waals surface area contributed by atoms with Gasteiger partial charge in [-0.15, -0.1) is 0 Å².